The van der Waals surface area contributed by atoms with E-state index in [4.69, 9.17) is 5.11 Å². The summed E-state index contributed by atoms with van der Waals surface area (Å²) in [6.07, 6.45) is -4.11. The van der Waals surface area contributed by atoms with Crippen molar-refractivity contribution in [3.63, 3.8) is 0 Å². The molecule has 0 bridgehead atoms. The predicted octanol–water partition coefficient (Wildman–Crippen LogP) is 2.40. The summed E-state index contributed by atoms with van der Waals surface area (Å²) >= 11 is 0.885. The Hall–Kier alpha value is -1.19. The molecule has 5 nitrogen and oxygen atoms in total. The van der Waals surface area contributed by atoms with E-state index in [0.29, 0.717) is 5.56 Å². The van der Waals surface area contributed by atoms with Crippen LogP contribution in [-0.2, 0) is 6.54 Å². The quantitative estimate of drug-likeness (QED) is 0.620. The molecule has 0 amide bonds. The van der Waals surface area contributed by atoms with Gasteiger partial charge < -0.3 is 5.11 Å². The number of alkyl halides is 3. The van der Waals surface area contributed by atoms with Crippen LogP contribution in [0.1, 0.15) is 12.0 Å². The fraction of sp³-hybridized carbons (Fsp3) is 0.600. The van der Waals surface area contributed by atoms with Gasteiger partial charge in [0.05, 0.1) is 11.5 Å². The molecule has 0 aliphatic carbocycles. The number of halogens is 3. The average Bonchev–Trinajstić information content (AvgIpc) is 2.72. The number of aliphatic hydroxyl groups is 1. The van der Waals surface area contributed by atoms with E-state index in [0.717, 1.165) is 16.2 Å². The Morgan fingerprint density at radius 1 is 1.47 bits per heavy atom. The van der Waals surface area contributed by atoms with E-state index >= 15 is 0 Å². The predicted molar refractivity (Wildman–Crippen MR) is 64.0 cm³/mol. The fourth-order valence-corrected chi connectivity index (χ4v) is 2.28. The van der Waals surface area contributed by atoms with Crippen LogP contribution >= 0.6 is 11.3 Å². The topological polar surface area (TPSA) is 66.6 Å². The van der Waals surface area contributed by atoms with Crippen LogP contribution in [0.25, 0.3) is 0 Å². The van der Waals surface area contributed by atoms with Gasteiger partial charge in [0.15, 0.2) is 0 Å². The minimum absolute atomic E-state index is 0.0240. The number of rotatable bonds is 7. The summed E-state index contributed by atoms with van der Waals surface area (Å²) in [6.45, 7) is -1.24. The van der Waals surface area contributed by atoms with Crippen LogP contribution in [0.3, 0.4) is 0 Å². The van der Waals surface area contributed by atoms with Crippen molar-refractivity contribution < 1.29 is 23.2 Å². The van der Waals surface area contributed by atoms with Crippen LogP contribution in [0.2, 0.25) is 0 Å². The minimum Gasteiger partial charge on any atom is -0.396 e. The Morgan fingerprint density at radius 3 is 2.63 bits per heavy atom. The number of nitro groups is 1. The lowest BCUT2D eigenvalue weighted by molar-refractivity contribution is -0.380. The molecule has 0 saturated heterocycles. The van der Waals surface area contributed by atoms with Gasteiger partial charge in [-0.2, -0.15) is 13.2 Å². The molecule has 108 valence electrons. The molecule has 1 aromatic heterocycles. The van der Waals surface area contributed by atoms with Gasteiger partial charge in [-0.3, -0.25) is 15.0 Å². The molecule has 0 fully saturated rings. The third-order valence-electron chi connectivity index (χ3n) is 2.26. The monoisotopic (exact) mass is 298 g/mol. The van der Waals surface area contributed by atoms with Crippen LogP contribution < -0.4 is 0 Å². The minimum atomic E-state index is -4.34. The van der Waals surface area contributed by atoms with Gasteiger partial charge in [0.25, 0.3) is 0 Å². The SMILES string of the molecule is O=[N+]([O-])c1cc(CN(CCCO)CC(F)(F)F)cs1. The van der Waals surface area contributed by atoms with Crippen molar-refractivity contribution in [1.82, 2.24) is 4.90 Å². The van der Waals surface area contributed by atoms with Crippen molar-refractivity contribution in [3.8, 4) is 0 Å². The van der Waals surface area contributed by atoms with Gasteiger partial charge in [-0.05, 0) is 12.0 Å². The van der Waals surface area contributed by atoms with E-state index in [-0.39, 0.29) is 31.1 Å². The summed E-state index contributed by atoms with van der Waals surface area (Å²) < 4.78 is 37.1. The summed E-state index contributed by atoms with van der Waals surface area (Å²) in [4.78, 5) is 11.0. The molecule has 1 heterocycles. The number of thiophene rings is 1. The number of aliphatic hydroxyl groups excluding tert-OH is 1. The second-order valence-corrected chi connectivity index (χ2v) is 4.84. The van der Waals surface area contributed by atoms with Gasteiger partial charge >= 0.3 is 11.2 Å². The average molecular weight is 298 g/mol. The molecule has 0 aliphatic rings. The first-order chi connectivity index (χ1) is 8.81. The number of hydrogen-bond donors (Lipinski definition) is 1. The second kappa shape index (κ2) is 6.83. The highest BCUT2D eigenvalue weighted by molar-refractivity contribution is 7.13. The molecule has 1 N–H and O–H groups in total. The van der Waals surface area contributed by atoms with Crippen molar-refractivity contribution in [2.24, 2.45) is 0 Å². The molecule has 0 atom stereocenters. The zero-order valence-corrected chi connectivity index (χ0v) is 10.7. The van der Waals surface area contributed by atoms with Gasteiger partial charge in [-0.15, -0.1) is 0 Å². The standard InChI is InChI=1S/C10H13F3N2O3S/c11-10(12,13)7-14(2-1-3-16)5-8-4-9(15(17)18)19-6-8/h4,6,16H,1-3,5,7H2. The van der Waals surface area contributed by atoms with E-state index in [2.05, 4.69) is 0 Å². The van der Waals surface area contributed by atoms with Crippen LogP contribution in [0.4, 0.5) is 18.2 Å². The first kappa shape index (κ1) is 15.9. The van der Waals surface area contributed by atoms with E-state index in [9.17, 15) is 23.3 Å². The molecule has 0 aliphatic heterocycles. The summed E-state index contributed by atoms with van der Waals surface area (Å²) in [5.41, 5.74) is 0.471. The van der Waals surface area contributed by atoms with Crippen LogP contribution in [0, 0.1) is 10.1 Å². The Kier molecular flexibility index (Phi) is 5.70. The number of nitrogens with zero attached hydrogens (tertiary/aromatic N) is 2. The Balaban J connectivity index is 2.66. The molecule has 1 aromatic rings. The van der Waals surface area contributed by atoms with Gasteiger partial charge in [-0.25, -0.2) is 0 Å². The lowest BCUT2D eigenvalue weighted by Gasteiger charge is -2.22. The summed E-state index contributed by atoms with van der Waals surface area (Å²) in [7, 11) is 0. The van der Waals surface area contributed by atoms with Gasteiger partial charge in [0, 0.05) is 31.1 Å². The van der Waals surface area contributed by atoms with Gasteiger partial charge in [0.1, 0.15) is 0 Å². The maximum absolute atomic E-state index is 12.4. The number of hydrogen-bond acceptors (Lipinski definition) is 5. The Labute approximate surface area is 111 Å². The van der Waals surface area contributed by atoms with Crippen LogP contribution in [-0.4, -0.2) is 40.8 Å². The summed E-state index contributed by atoms with van der Waals surface area (Å²) in [5, 5.41) is 20.5. The summed E-state index contributed by atoms with van der Waals surface area (Å²) in [5.74, 6) is 0. The largest absolute Gasteiger partial charge is 0.401 e. The fourth-order valence-electron chi connectivity index (χ4n) is 1.56. The van der Waals surface area contributed by atoms with Gasteiger partial charge in [0.2, 0.25) is 0 Å². The lowest BCUT2D eigenvalue weighted by Crippen LogP contribution is -2.34. The molecule has 19 heavy (non-hydrogen) atoms. The molecule has 0 radical (unpaired) electrons. The van der Waals surface area contributed by atoms with Crippen LogP contribution in [0.5, 0.6) is 0 Å². The molecule has 0 saturated carbocycles. The molecular formula is C10H13F3N2O3S. The van der Waals surface area contributed by atoms with Crippen molar-refractivity contribution in [1.29, 1.82) is 0 Å². The van der Waals surface area contributed by atoms with Crippen LogP contribution in [0.15, 0.2) is 11.4 Å². The first-order valence-electron chi connectivity index (χ1n) is 5.43. The van der Waals surface area contributed by atoms with E-state index in [1.807, 2.05) is 0 Å². The highest BCUT2D eigenvalue weighted by Crippen LogP contribution is 2.25. The normalized spacial score (nSPS) is 12.1. The van der Waals surface area contributed by atoms with Crippen molar-refractivity contribution in [3.05, 3.63) is 27.1 Å². The lowest BCUT2D eigenvalue weighted by atomic mass is 10.3. The van der Waals surface area contributed by atoms with Crippen molar-refractivity contribution >= 4 is 16.3 Å². The molecule has 9 heteroatoms. The highest BCUT2D eigenvalue weighted by Gasteiger charge is 2.30. The Morgan fingerprint density at radius 2 is 2.16 bits per heavy atom. The van der Waals surface area contributed by atoms with E-state index in [1.165, 1.54) is 11.4 Å². The smallest absolute Gasteiger partial charge is 0.396 e. The zero-order chi connectivity index (χ0) is 14.5. The molecule has 0 unspecified atom stereocenters. The molecule has 0 aromatic carbocycles. The first-order valence-corrected chi connectivity index (χ1v) is 6.31. The van der Waals surface area contributed by atoms with Crippen molar-refractivity contribution in [2.45, 2.75) is 19.1 Å². The molecule has 0 spiro atoms. The maximum atomic E-state index is 12.4. The van der Waals surface area contributed by atoms with E-state index < -0.39 is 17.6 Å². The third-order valence-corrected chi connectivity index (χ3v) is 3.19. The third kappa shape index (κ3) is 5.99. The molecule has 1 rings (SSSR count). The Bertz CT molecular complexity index is 422. The molecular weight excluding hydrogens is 285 g/mol. The zero-order valence-electron chi connectivity index (χ0n) is 9.89. The van der Waals surface area contributed by atoms with Gasteiger partial charge in [-0.1, -0.05) is 11.3 Å². The van der Waals surface area contributed by atoms with E-state index in [1.54, 1.807) is 0 Å². The second-order valence-electron chi connectivity index (χ2n) is 3.95. The van der Waals surface area contributed by atoms with Crippen molar-refractivity contribution in [2.75, 3.05) is 19.7 Å². The summed E-state index contributed by atoms with van der Waals surface area (Å²) in [6, 6.07) is 1.27. The maximum Gasteiger partial charge on any atom is 0.401 e. The highest BCUT2D eigenvalue weighted by atomic mass is 32.1.